The van der Waals surface area contributed by atoms with Crippen molar-refractivity contribution in [1.29, 1.82) is 0 Å². The van der Waals surface area contributed by atoms with E-state index in [9.17, 15) is 0 Å². The van der Waals surface area contributed by atoms with Crippen molar-refractivity contribution in [1.82, 2.24) is 9.80 Å². The summed E-state index contributed by atoms with van der Waals surface area (Å²) in [6.45, 7) is 12.1. The van der Waals surface area contributed by atoms with E-state index >= 15 is 0 Å². The van der Waals surface area contributed by atoms with Crippen molar-refractivity contribution >= 4 is 5.96 Å². The number of guanidine groups is 1. The van der Waals surface area contributed by atoms with Crippen LogP contribution in [0, 0.1) is 5.92 Å². The van der Waals surface area contributed by atoms with Gasteiger partial charge in [-0.25, -0.2) is 0 Å². The van der Waals surface area contributed by atoms with E-state index in [4.69, 9.17) is 5.73 Å². The van der Waals surface area contributed by atoms with E-state index in [-0.39, 0.29) is 5.54 Å². The highest BCUT2D eigenvalue weighted by Crippen LogP contribution is 2.38. The Morgan fingerprint density at radius 2 is 2.00 bits per heavy atom. The molecule has 21 heavy (non-hydrogen) atoms. The number of rotatable bonds is 6. The van der Waals surface area contributed by atoms with E-state index in [0.717, 1.165) is 44.6 Å². The Morgan fingerprint density at radius 3 is 2.67 bits per heavy atom. The third-order valence-corrected chi connectivity index (χ3v) is 5.77. The second kappa shape index (κ2) is 7.48. The van der Waals surface area contributed by atoms with Crippen LogP contribution in [-0.2, 0) is 0 Å². The molecule has 1 aliphatic heterocycles. The smallest absolute Gasteiger partial charge is 0.191 e. The molecule has 1 spiro atoms. The number of hydrogen-bond donors (Lipinski definition) is 1. The summed E-state index contributed by atoms with van der Waals surface area (Å²) in [5.41, 5.74) is 6.47. The molecule has 2 rings (SSSR count). The minimum Gasteiger partial charge on any atom is -0.370 e. The average molecular weight is 294 g/mol. The van der Waals surface area contributed by atoms with Gasteiger partial charge in [-0.15, -0.1) is 0 Å². The van der Waals surface area contributed by atoms with Crippen molar-refractivity contribution < 1.29 is 0 Å². The monoisotopic (exact) mass is 294 g/mol. The topological polar surface area (TPSA) is 44.9 Å². The molecule has 2 unspecified atom stereocenters. The highest BCUT2D eigenvalue weighted by molar-refractivity contribution is 5.81. The zero-order valence-electron chi connectivity index (χ0n) is 14.3. The normalized spacial score (nSPS) is 30.0. The Hall–Kier alpha value is -0.770. The molecule has 0 aromatic rings. The summed E-state index contributed by atoms with van der Waals surface area (Å²) in [5, 5.41) is 0. The summed E-state index contributed by atoms with van der Waals surface area (Å²) in [5.74, 6) is 1.70. The van der Waals surface area contributed by atoms with Crippen molar-refractivity contribution in [2.75, 3.05) is 32.7 Å². The number of nitrogens with two attached hydrogens (primary N) is 1. The zero-order chi connectivity index (χ0) is 15.3. The lowest BCUT2D eigenvalue weighted by atomic mass is 9.88. The molecule has 0 aromatic heterocycles. The van der Waals surface area contributed by atoms with Crippen molar-refractivity contribution in [3.05, 3.63) is 0 Å². The van der Waals surface area contributed by atoms with Crippen LogP contribution in [0.5, 0.6) is 0 Å². The van der Waals surface area contributed by atoms with Crippen molar-refractivity contribution in [3.63, 3.8) is 0 Å². The molecule has 0 aromatic carbocycles. The van der Waals surface area contributed by atoms with Gasteiger partial charge in [0, 0.05) is 13.1 Å². The van der Waals surface area contributed by atoms with Gasteiger partial charge >= 0.3 is 0 Å². The standard InChI is InChI=1S/C17H34N4/c1-4-15-8-7-10-17(11-9-15)14-19-16(18)21(17)13-12-20(5-2)6-3/h15H,4-14H2,1-3H3,(H2,18,19). The van der Waals surface area contributed by atoms with Gasteiger partial charge in [0.25, 0.3) is 0 Å². The first kappa shape index (κ1) is 16.6. The summed E-state index contributed by atoms with van der Waals surface area (Å²) in [7, 11) is 0. The van der Waals surface area contributed by atoms with Crippen molar-refractivity contribution in [3.8, 4) is 0 Å². The number of likely N-dealkylation sites (N-methyl/N-ethyl adjacent to an activating group) is 1. The summed E-state index contributed by atoms with van der Waals surface area (Å²) in [6.07, 6.45) is 7.94. The van der Waals surface area contributed by atoms with Crippen LogP contribution >= 0.6 is 0 Å². The van der Waals surface area contributed by atoms with E-state index in [1.165, 1.54) is 38.5 Å². The highest BCUT2D eigenvalue weighted by Gasteiger charge is 2.42. The number of aliphatic imine (C=N–C) groups is 1. The van der Waals surface area contributed by atoms with E-state index in [1.54, 1.807) is 0 Å². The zero-order valence-corrected chi connectivity index (χ0v) is 14.3. The van der Waals surface area contributed by atoms with E-state index in [2.05, 4.69) is 35.6 Å². The first-order valence-electron chi connectivity index (χ1n) is 8.95. The SMILES string of the molecule is CCC1CCCC2(CC1)CN=C(N)N2CCN(CC)CC. The fraction of sp³-hybridized carbons (Fsp3) is 0.941. The fourth-order valence-electron chi connectivity index (χ4n) is 4.07. The van der Waals surface area contributed by atoms with Gasteiger partial charge in [0.1, 0.15) is 0 Å². The molecule has 4 heteroatoms. The van der Waals surface area contributed by atoms with Gasteiger partial charge in [-0.3, -0.25) is 4.99 Å². The molecular weight excluding hydrogens is 260 g/mol. The molecule has 1 fully saturated rings. The molecule has 0 bridgehead atoms. The minimum absolute atomic E-state index is 0.237. The van der Waals surface area contributed by atoms with Gasteiger partial charge < -0.3 is 15.5 Å². The number of hydrogen-bond acceptors (Lipinski definition) is 4. The second-order valence-electron chi connectivity index (χ2n) is 6.78. The van der Waals surface area contributed by atoms with Crippen LogP contribution in [0.15, 0.2) is 4.99 Å². The maximum absolute atomic E-state index is 6.23. The lowest BCUT2D eigenvalue weighted by molar-refractivity contribution is 0.152. The molecule has 1 heterocycles. The second-order valence-corrected chi connectivity index (χ2v) is 6.78. The van der Waals surface area contributed by atoms with Crippen LogP contribution in [0.25, 0.3) is 0 Å². The van der Waals surface area contributed by atoms with Crippen LogP contribution < -0.4 is 5.73 Å². The molecule has 2 aliphatic rings. The molecule has 0 radical (unpaired) electrons. The van der Waals surface area contributed by atoms with Gasteiger partial charge in [0.2, 0.25) is 0 Å². The largest absolute Gasteiger partial charge is 0.370 e. The van der Waals surface area contributed by atoms with E-state index in [0.29, 0.717) is 0 Å². The Labute approximate surface area is 130 Å². The molecule has 2 atom stereocenters. The van der Waals surface area contributed by atoms with Gasteiger partial charge in [-0.1, -0.05) is 40.0 Å². The summed E-state index contributed by atoms with van der Waals surface area (Å²) >= 11 is 0. The Balaban J connectivity index is 2.01. The highest BCUT2D eigenvalue weighted by atomic mass is 15.4. The van der Waals surface area contributed by atoms with Gasteiger partial charge in [-0.2, -0.15) is 0 Å². The van der Waals surface area contributed by atoms with Gasteiger partial charge in [0.05, 0.1) is 12.1 Å². The molecular formula is C17H34N4. The van der Waals surface area contributed by atoms with E-state index in [1.807, 2.05) is 0 Å². The van der Waals surface area contributed by atoms with Gasteiger partial charge in [-0.05, 0) is 38.3 Å². The first-order chi connectivity index (χ1) is 10.1. The molecule has 0 saturated heterocycles. The quantitative estimate of drug-likeness (QED) is 0.819. The predicted molar refractivity (Wildman–Crippen MR) is 90.6 cm³/mol. The summed E-state index contributed by atoms with van der Waals surface area (Å²) < 4.78 is 0. The summed E-state index contributed by atoms with van der Waals surface area (Å²) in [6, 6.07) is 0. The molecule has 0 amide bonds. The molecule has 1 saturated carbocycles. The number of nitrogens with zero attached hydrogens (tertiary/aromatic N) is 3. The van der Waals surface area contributed by atoms with Crippen molar-refractivity contribution in [2.45, 2.75) is 64.8 Å². The minimum atomic E-state index is 0.237. The third kappa shape index (κ3) is 3.71. The lowest BCUT2D eigenvalue weighted by Gasteiger charge is -2.40. The Bertz CT molecular complexity index is 351. The van der Waals surface area contributed by atoms with Crippen LogP contribution in [0.2, 0.25) is 0 Å². The first-order valence-corrected chi connectivity index (χ1v) is 8.95. The Kier molecular flexibility index (Phi) is 5.91. The molecule has 4 nitrogen and oxygen atoms in total. The summed E-state index contributed by atoms with van der Waals surface area (Å²) in [4.78, 5) is 9.54. The lowest BCUT2D eigenvalue weighted by Crippen LogP contribution is -2.53. The average Bonchev–Trinajstić information content (AvgIpc) is 2.69. The van der Waals surface area contributed by atoms with Crippen LogP contribution in [0.4, 0.5) is 0 Å². The van der Waals surface area contributed by atoms with Crippen LogP contribution in [-0.4, -0.2) is 54.0 Å². The molecule has 122 valence electrons. The third-order valence-electron chi connectivity index (χ3n) is 5.77. The Morgan fingerprint density at radius 1 is 1.24 bits per heavy atom. The molecule has 2 N–H and O–H groups in total. The predicted octanol–water partition coefficient (Wildman–Crippen LogP) is 2.69. The van der Waals surface area contributed by atoms with Crippen molar-refractivity contribution in [2.24, 2.45) is 16.6 Å². The maximum atomic E-state index is 6.23. The van der Waals surface area contributed by atoms with Gasteiger partial charge in [0.15, 0.2) is 5.96 Å². The van der Waals surface area contributed by atoms with E-state index < -0.39 is 0 Å². The molecule has 1 aliphatic carbocycles. The van der Waals surface area contributed by atoms with Crippen LogP contribution in [0.1, 0.15) is 59.3 Å². The van der Waals surface area contributed by atoms with Crippen LogP contribution in [0.3, 0.4) is 0 Å². The maximum Gasteiger partial charge on any atom is 0.191 e. The fourth-order valence-corrected chi connectivity index (χ4v) is 4.07.